The standard InChI is InChI=1S/C13H19IO2/c14-10-5-3-1-2-4-7-11-8-6-9-12(15)13(11)16/h6,8-9,15-16H,1-5,7,10H2. The van der Waals surface area contributed by atoms with E-state index >= 15 is 0 Å². The molecule has 1 aromatic rings. The molecule has 0 atom stereocenters. The minimum atomic E-state index is -0.0117. The maximum atomic E-state index is 9.59. The molecule has 0 radical (unpaired) electrons. The second-order valence-electron chi connectivity index (χ2n) is 3.99. The minimum Gasteiger partial charge on any atom is -0.504 e. The normalized spacial score (nSPS) is 10.6. The first-order valence-electron chi connectivity index (χ1n) is 5.81. The van der Waals surface area contributed by atoms with Crippen LogP contribution in [0.25, 0.3) is 0 Å². The molecule has 2 nitrogen and oxygen atoms in total. The molecule has 0 saturated heterocycles. The van der Waals surface area contributed by atoms with Gasteiger partial charge in [0.25, 0.3) is 0 Å². The molecule has 0 aliphatic heterocycles. The van der Waals surface area contributed by atoms with Crippen LogP contribution in [-0.4, -0.2) is 14.6 Å². The van der Waals surface area contributed by atoms with Gasteiger partial charge >= 0.3 is 0 Å². The summed E-state index contributed by atoms with van der Waals surface area (Å²) in [6.07, 6.45) is 7.00. The lowest BCUT2D eigenvalue weighted by molar-refractivity contribution is 0.398. The highest BCUT2D eigenvalue weighted by molar-refractivity contribution is 14.1. The van der Waals surface area contributed by atoms with Crippen LogP contribution in [-0.2, 0) is 6.42 Å². The smallest absolute Gasteiger partial charge is 0.160 e. The molecular formula is C13H19IO2. The van der Waals surface area contributed by atoms with Gasteiger partial charge in [0.05, 0.1) is 0 Å². The number of hydrogen-bond donors (Lipinski definition) is 2. The lowest BCUT2D eigenvalue weighted by Gasteiger charge is -2.05. The van der Waals surface area contributed by atoms with Gasteiger partial charge in [-0.25, -0.2) is 0 Å². The van der Waals surface area contributed by atoms with Crippen molar-refractivity contribution in [3.63, 3.8) is 0 Å². The summed E-state index contributed by atoms with van der Waals surface area (Å²) in [5.41, 5.74) is 0.855. The molecule has 3 heteroatoms. The summed E-state index contributed by atoms with van der Waals surface area (Å²) in [6.45, 7) is 0. The van der Waals surface area contributed by atoms with Crippen LogP contribution in [0.15, 0.2) is 18.2 Å². The number of para-hydroxylation sites is 1. The van der Waals surface area contributed by atoms with Crippen molar-refractivity contribution in [1.82, 2.24) is 0 Å². The number of phenolic OH excluding ortho intramolecular Hbond substituents is 2. The van der Waals surface area contributed by atoms with Crippen molar-refractivity contribution in [1.29, 1.82) is 0 Å². The molecule has 0 aromatic heterocycles. The Morgan fingerprint density at radius 2 is 1.62 bits per heavy atom. The van der Waals surface area contributed by atoms with E-state index in [0.29, 0.717) is 0 Å². The molecule has 0 bridgehead atoms. The van der Waals surface area contributed by atoms with E-state index in [4.69, 9.17) is 0 Å². The van der Waals surface area contributed by atoms with Crippen molar-refractivity contribution >= 4 is 22.6 Å². The molecular weight excluding hydrogens is 315 g/mol. The lowest BCUT2D eigenvalue weighted by Crippen LogP contribution is -1.87. The first-order valence-corrected chi connectivity index (χ1v) is 7.34. The highest BCUT2D eigenvalue weighted by Crippen LogP contribution is 2.29. The number of benzene rings is 1. The Kier molecular flexibility index (Phi) is 6.61. The molecule has 0 aliphatic rings. The van der Waals surface area contributed by atoms with E-state index in [-0.39, 0.29) is 11.5 Å². The van der Waals surface area contributed by atoms with E-state index in [9.17, 15) is 10.2 Å². The predicted octanol–water partition coefficient (Wildman–Crippen LogP) is 4.03. The first kappa shape index (κ1) is 13.6. The van der Waals surface area contributed by atoms with Crippen molar-refractivity contribution < 1.29 is 10.2 Å². The highest BCUT2D eigenvalue weighted by atomic mass is 127. The Balaban J connectivity index is 2.24. The van der Waals surface area contributed by atoms with Gasteiger partial charge < -0.3 is 10.2 Å². The largest absolute Gasteiger partial charge is 0.504 e. The Hall–Kier alpha value is -0.450. The van der Waals surface area contributed by atoms with Gasteiger partial charge in [0.15, 0.2) is 11.5 Å². The Bertz CT molecular complexity index is 313. The number of alkyl halides is 1. The molecule has 0 spiro atoms. The number of phenols is 2. The van der Waals surface area contributed by atoms with Crippen LogP contribution in [0.3, 0.4) is 0 Å². The number of halogens is 1. The summed E-state index contributed by atoms with van der Waals surface area (Å²) in [4.78, 5) is 0. The van der Waals surface area contributed by atoms with Gasteiger partial charge in [-0.1, -0.05) is 54.0 Å². The highest BCUT2D eigenvalue weighted by Gasteiger charge is 2.04. The fraction of sp³-hybridized carbons (Fsp3) is 0.538. The number of rotatable bonds is 7. The fourth-order valence-corrected chi connectivity index (χ4v) is 2.26. The zero-order valence-corrected chi connectivity index (χ0v) is 11.6. The van der Waals surface area contributed by atoms with E-state index in [2.05, 4.69) is 22.6 Å². The molecule has 0 heterocycles. The van der Waals surface area contributed by atoms with Crippen LogP contribution in [0.5, 0.6) is 11.5 Å². The minimum absolute atomic E-state index is 0.0117. The van der Waals surface area contributed by atoms with E-state index < -0.39 is 0 Å². The molecule has 0 saturated carbocycles. The van der Waals surface area contributed by atoms with Crippen molar-refractivity contribution in [2.75, 3.05) is 4.43 Å². The van der Waals surface area contributed by atoms with Gasteiger partial charge in [-0.2, -0.15) is 0 Å². The number of aromatic hydroxyl groups is 2. The lowest BCUT2D eigenvalue weighted by atomic mass is 10.0. The second-order valence-corrected chi connectivity index (χ2v) is 5.07. The maximum Gasteiger partial charge on any atom is 0.160 e. The zero-order valence-electron chi connectivity index (χ0n) is 9.45. The van der Waals surface area contributed by atoms with Gasteiger partial charge in [-0.15, -0.1) is 0 Å². The van der Waals surface area contributed by atoms with Crippen LogP contribution in [0.2, 0.25) is 0 Å². The summed E-state index contributed by atoms with van der Waals surface area (Å²) >= 11 is 2.40. The van der Waals surface area contributed by atoms with Gasteiger partial charge in [0, 0.05) is 0 Å². The molecule has 2 N–H and O–H groups in total. The zero-order chi connectivity index (χ0) is 11.8. The topological polar surface area (TPSA) is 40.5 Å². The summed E-state index contributed by atoms with van der Waals surface area (Å²) in [5, 5.41) is 18.9. The average molecular weight is 334 g/mol. The third-order valence-corrected chi connectivity index (χ3v) is 3.44. The van der Waals surface area contributed by atoms with E-state index in [1.54, 1.807) is 6.07 Å². The van der Waals surface area contributed by atoms with E-state index in [0.717, 1.165) is 18.4 Å². The van der Waals surface area contributed by atoms with Gasteiger partial charge in [-0.3, -0.25) is 0 Å². The van der Waals surface area contributed by atoms with Crippen LogP contribution >= 0.6 is 22.6 Å². The molecule has 1 rings (SSSR count). The summed E-state index contributed by atoms with van der Waals surface area (Å²) in [6, 6.07) is 5.17. The fourth-order valence-electron chi connectivity index (χ4n) is 1.72. The monoisotopic (exact) mass is 334 g/mol. The van der Waals surface area contributed by atoms with Crippen LogP contribution < -0.4 is 0 Å². The number of hydrogen-bond acceptors (Lipinski definition) is 2. The summed E-state index contributed by atoms with van der Waals surface area (Å²) in [7, 11) is 0. The quantitative estimate of drug-likeness (QED) is 0.342. The summed E-state index contributed by atoms with van der Waals surface area (Å²) < 4.78 is 1.24. The van der Waals surface area contributed by atoms with Crippen molar-refractivity contribution in [3.8, 4) is 11.5 Å². The number of aryl methyl sites for hydroxylation is 1. The predicted molar refractivity (Wildman–Crippen MR) is 75.4 cm³/mol. The molecule has 0 unspecified atom stereocenters. The molecule has 0 fully saturated rings. The first-order chi connectivity index (χ1) is 7.75. The van der Waals surface area contributed by atoms with Crippen LogP contribution in [0, 0.1) is 0 Å². The van der Waals surface area contributed by atoms with E-state index in [1.165, 1.54) is 36.2 Å². The average Bonchev–Trinajstić information content (AvgIpc) is 2.29. The van der Waals surface area contributed by atoms with Crippen molar-refractivity contribution in [2.45, 2.75) is 38.5 Å². The molecule has 1 aromatic carbocycles. The Morgan fingerprint density at radius 3 is 2.38 bits per heavy atom. The van der Waals surface area contributed by atoms with E-state index in [1.807, 2.05) is 6.07 Å². The third kappa shape index (κ3) is 4.60. The molecule has 0 aliphatic carbocycles. The van der Waals surface area contributed by atoms with Crippen molar-refractivity contribution in [2.24, 2.45) is 0 Å². The van der Waals surface area contributed by atoms with Crippen LogP contribution in [0.4, 0.5) is 0 Å². The van der Waals surface area contributed by atoms with Gasteiger partial charge in [-0.05, 0) is 35.3 Å². The van der Waals surface area contributed by atoms with Gasteiger partial charge in [0.2, 0.25) is 0 Å². The van der Waals surface area contributed by atoms with Gasteiger partial charge in [0.1, 0.15) is 0 Å². The third-order valence-electron chi connectivity index (χ3n) is 2.68. The van der Waals surface area contributed by atoms with Crippen LogP contribution in [0.1, 0.15) is 37.7 Å². The Morgan fingerprint density at radius 1 is 0.938 bits per heavy atom. The van der Waals surface area contributed by atoms with Crippen molar-refractivity contribution in [3.05, 3.63) is 23.8 Å². The second kappa shape index (κ2) is 7.76. The maximum absolute atomic E-state index is 9.59. The number of unbranched alkanes of at least 4 members (excludes halogenated alkanes) is 4. The SMILES string of the molecule is Oc1cccc(CCCCCCCI)c1O. The molecule has 90 valence electrons. The molecule has 0 amide bonds. The summed E-state index contributed by atoms with van der Waals surface area (Å²) in [5.74, 6) is 0.0391. The molecule has 16 heavy (non-hydrogen) atoms. The Labute approximate surface area is 111 Å².